The van der Waals surface area contributed by atoms with E-state index >= 15 is 0 Å². The predicted molar refractivity (Wildman–Crippen MR) is 72.4 cm³/mol. The van der Waals surface area contributed by atoms with Crippen LogP contribution < -0.4 is 5.32 Å². The summed E-state index contributed by atoms with van der Waals surface area (Å²) in [6, 6.07) is 13.8. The van der Waals surface area contributed by atoms with Crippen molar-refractivity contribution < 1.29 is 5.11 Å². The Morgan fingerprint density at radius 1 is 1.18 bits per heavy atom. The van der Waals surface area contributed by atoms with Gasteiger partial charge in [0.1, 0.15) is 6.10 Å². The predicted octanol–water partition coefficient (Wildman–Crippen LogP) is 3.22. The summed E-state index contributed by atoms with van der Waals surface area (Å²) in [5, 5.41) is 13.1. The molecule has 0 bridgehead atoms. The van der Waals surface area contributed by atoms with Crippen LogP contribution in [0, 0.1) is 0 Å². The van der Waals surface area contributed by atoms with Crippen LogP contribution in [0.15, 0.2) is 42.5 Å². The molecule has 90 valence electrons. The Hall–Kier alpha value is -0.870. The first-order chi connectivity index (χ1) is 8.25. The van der Waals surface area contributed by atoms with Crippen molar-refractivity contribution in [2.45, 2.75) is 12.6 Å². The number of rotatable bonds is 5. The van der Waals surface area contributed by atoms with Crippen LogP contribution >= 0.6 is 22.9 Å². The lowest BCUT2D eigenvalue weighted by atomic mass is 10.2. The minimum atomic E-state index is -0.490. The molecule has 17 heavy (non-hydrogen) atoms. The van der Waals surface area contributed by atoms with Crippen LogP contribution in [0.1, 0.15) is 16.5 Å². The second kappa shape index (κ2) is 6.17. The molecule has 2 N–H and O–H groups in total. The Labute approximate surface area is 110 Å². The van der Waals surface area contributed by atoms with Crippen LogP contribution in [0.3, 0.4) is 0 Å². The highest BCUT2D eigenvalue weighted by Crippen LogP contribution is 2.26. The van der Waals surface area contributed by atoms with Gasteiger partial charge in [-0.1, -0.05) is 41.9 Å². The minimum Gasteiger partial charge on any atom is -0.386 e. The van der Waals surface area contributed by atoms with E-state index in [0.29, 0.717) is 10.9 Å². The average Bonchev–Trinajstić information content (AvgIpc) is 2.77. The molecule has 0 aliphatic rings. The van der Waals surface area contributed by atoms with Gasteiger partial charge in [0.15, 0.2) is 0 Å². The fourth-order valence-electron chi connectivity index (χ4n) is 1.56. The van der Waals surface area contributed by atoms with Gasteiger partial charge in [-0.2, -0.15) is 0 Å². The van der Waals surface area contributed by atoms with Crippen molar-refractivity contribution in [1.29, 1.82) is 0 Å². The third kappa shape index (κ3) is 3.82. The lowest BCUT2D eigenvalue weighted by Gasteiger charge is -2.10. The van der Waals surface area contributed by atoms with Crippen LogP contribution in [0.2, 0.25) is 4.34 Å². The summed E-state index contributed by atoms with van der Waals surface area (Å²) >= 11 is 7.24. The van der Waals surface area contributed by atoms with Crippen molar-refractivity contribution in [1.82, 2.24) is 5.32 Å². The van der Waals surface area contributed by atoms with Gasteiger partial charge in [-0.15, -0.1) is 11.3 Å². The van der Waals surface area contributed by atoms with E-state index < -0.39 is 6.10 Å². The molecular weight excluding hydrogens is 254 g/mol. The molecule has 1 aromatic heterocycles. The van der Waals surface area contributed by atoms with Crippen molar-refractivity contribution in [3.8, 4) is 0 Å². The van der Waals surface area contributed by atoms with Crippen molar-refractivity contribution in [2.75, 3.05) is 6.54 Å². The van der Waals surface area contributed by atoms with E-state index in [4.69, 9.17) is 11.6 Å². The summed E-state index contributed by atoms with van der Waals surface area (Å²) in [5.74, 6) is 0. The number of halogens is 1. The molecule has 1 atom stereocenters. The van der Waals surface area contributed by atoms with E-state index in [1.165, 1.54) is 16.9 Å². The molecule has 2 nitrogen and oxygen atoms in total. The molecule has 0 fully saturated rings. The molecule has 0 aliphatic heterocycles. The van der Waals surface area contributed by atoms with Crippen LogP contribution in [0.4, 0.5) is 0 Å². The Kier molecular flexibility index (Phi) is 4.57. The summed E-state index contributed by atoms with van der Waals surface area (Å²) in [6.45, 7) is 1.29. The summed E-state index contributed by atoms with van der Waals surface area (Å²) in [4.78, 5) is 0.899. The quantitative estimate of drug-likeness (QED) is 0.872. The first kappa shape index (κ1) is 12.6. The topological polar surface area (TPSA) is 32.3 Å². The number of aliphatic hydroxyl groups excluding tert-OH is 1. The molecule has 1 unspecified atom stereocenters. The normalized spacial score (nSPS) is 12.6. The fraction of sp³-hybridized carbons (Fsp3) is 0.231. The summed E-state index contributed by atoms with van der Waals surface area (Å²) in [7, 11) is 0. The number of hydrogen-bond donors (Lipinski definition) is 2. The van der Waals surface area contributed by atoms with Crippen molar-refractivity contribution >= 4 is 22.9 Å². The number of aliphatic hydroxyl groups is 1. The van der Waals surface area contributed by atoms with E-state index in [1.54, 1.807) is 0 Å². The van der Waals surface area contributed by atoms with Gasteiger partial charge in [0.25, 0.3) is 0 Å². The lowest BCUT2D eigenvalue weighted by molar-refractivity contribution is 0.178. The van der Waals surface area contributed by atoms with Crippen LogP contribution in [-0.2, 0) is 6.54 Å². The second-order valence-electron chi connectivity index (χ2n) is 3.77. The maximum Gasteiger partial charge on any atom is 0.101 e. The molecule has 2 aromatic rings. The van der Waals surface area contributed by atoms with Crippen LogP contribution in [0.5, 0.6) is 0 Å². The average molecular weight is 268 g/mol. The van der Waals surface area contributed by atoms with Gasteiger partial charge in [0.2, 0.25) is 0 Å². The molecule has 1 heterocycles. The SMILES string of the molecule is OC(CNCc1ccccc1)c1ccc(Cl)s1. The fourth-order valence-corrected chi connectivity index (χ4v) is 2.60. The summed E-state index contributed by atoms with van der Waals surface area (Å²) in [5.41, 5.74) is 1.21. The van der Waals surface area contributed by atoms with Crippen LogP contribution in [0.25, 0.3) is 0 Å². The number of nitrogens with one attached hydrogen (secondary N) is 1. The molecule has 0 saturated carbocycles. The maximum atomic E-state index is 9.90. The van der Waals surface area contributed by atoms with E-state index in [-0.39, 0.29) is 0 Å². The Bertz CT molecular complexity index is 457. The molecule has 2 rings (SSSR count). The molecule has 1 aromatic carbocycles. The zero-order valence-electron chi connectivity index (χ0n) is 9.27. The Balaban J connectivity index is 1.79. The highest BCUT2D eigenvalue weighted by atomic mass is 35.5. The summed E-state index contributed by atoms with van der Waals surface area (Å²) < 4.78 is 0.710. The van der Waals surface area contributed by atoms with E-state index in [2.05, 4.69) is 17.4 Å². The lowest BCUT2D eigenvalue weighted by Crippen LogP contribution is -2.20. The van der Waals surface area contributed by atoms with Gasteiger partial charge in [-0.25, -0.2) is 0 Å². The molecule has 0 saturated heterocycles. The van der Waals surface area contributed by atoms with E-state index in [1.807, 2.05) is 30.3 Å². The standard InChI is InChI=1S/C13H14ClNOS/c14-13-7-6-12(17-13)11(16)9-15-8-10-4-2-1-3-5-10/h1-7,11,15-16H,8-9H2. The molecule has 0 radical (unpaired) electrons. The minimum absolute atomic E-state index is 0.490. The second-order valence-corrected chi connectivity index (χ2v) is 5.52. The highest BCUT2D eigenvalue weighted by Gasteiger charge is 2.09. The smallest absolute Gasteiger partial charge is 0.101 e. The van der Waals surface area contributed by atoms with Gasteiger partial charge in [0, 0.05) is 18.0 Å². The van der Waals surface area contributed by atoms with E-state index in [9.17, 15) is 5.11 Å². The molecule has 4 heteroatoms. The Morgan fingerprint density at radius 2 is 1.94 bits per heavy atom. The van der Waals surface area contributed by atoms with Crippen molar-refractivity contribution in [2.24, 2.45) is 0 Å². The number of benzene rings is 1. The summed E-state index contributed by atoms with van der Waals surface area (Å²) in [6.07, 6.45) is -0.490. The number of hydrogen-bond acceptors (Lipinski definition) is 3. The van der Waals surface area contributed by atoms with Gasteiger partial charge < -0.3 is 10.4 Å². The van der Waals surface area contributed by atoms with Crippen molar-refractivity contribution in [3.63, 3.8) is 0 Å². The van der Waals surface area contributed by atoms with Gasteiger partial charge in [-0.05, 0) is 17.7 Å². The largest absolute Gasteiger partial charge is 0.386 e. The van der Waals surface area contributed by atoms with Crippen molar-refractivity contribution in [3.05, 3.63) is 57.2 Å². The Morgan fingerprint density at radius 3 is 2.59 bits per heavy atom. The third-order valence-corrected chi connectivity index (χ3v) is 3.76. The van der Waals surface area contributed by atoms with Crippen LogP contribution in [-0.4, -0.2) is 11.7 Å². The molecule has 0 amide bonds. The van der Waals surface area contributed by atoms with Gasteiger partial charge in [0.05, 0.1) is 4.34 Å². The zero-order valence-corrected chi connectivity index (χ0v) is 10.8. The van der Waals surface area contributed by atoms with E-state index in [0.717, 1.165) is 11.4 Å². The first-order valence-electron chi connectivity index (χ1n) is 5.43. The first-order valence-corrected chi connectivity index (χ1v) is 6.63. The third-order valence-electron chi connectivity index (χ3n) is 2.43. The molecule has 0 aliphatic carbocycles. The van der Waals surface area contributed by atoms with Gasteiger partial charge >= 0.3 is 0 Å². The number of thiophene rings is 1. The highest BCUT2D eigenvalue weighted by molar-refractivity contribution is 7.16. The monoisotopic (exact) mass is 267 g/mol. The zero-order chi connectivity index (χ0) is 12.1. The van der Waals surface area contributed by atoms with Gasteiger partial charge in [-0.3, -0.25) is 0 Å². The molecular formula is C13H14ClNOS. The maximum absolute atomic E-state index is 9.90. The molecule has 0 spiro atoms.